The molecule has 0 aromatic heterocycles. The fourth-order valence-corrected chi connectivity index (χ4v) is 2.34. The van der Waals surface area contributed by atoms with Crippen LogP contribution >= 0.6 is 0 Å². The van der Waals surface area contributed by atoms with Crippen LogP contribution in [0.25, 0.3) is 10.8 Å². The molecule has 0 aliphatic rings. The van der Waals surface area contributed by atoms with E-state index in [-0.39, 0.29) is 0 Å². The van der Waals surface area contributed by atoms with Crippen LogP contribution in [0.2, 0.25) is 0 Å². The van der Waals surface area contributed by atoms with E-state index in [2.05, 4.69) is 54.7 Å². The first kappa shape index (κ1) is 14.0. The summed E-state index contributed by atoms with van der Waals surface area (Å²) in [5.74, 6) is 0.416. The van der Waals surface area contributed by atoms with Gasteiger partial charge in [-0.3, -0.25) is 0 Å². The van der Waals surface area contributed by atoms with E-state index in [1.165, 1.54) is 16.3 Å². The zero-order chi connectivity index (χ0) is 13.5. The van der Waals surface area contributed by atoms with E-state index < -0.39 is 0 Å². The zero-order valence-corrected chi connectivity index (χ0v) is 11.6. The maximum Gasteiger partial charge on any atom is 0.0456 e. The van der Waals surface area contributed by atoms with Gasteiger partial charge in [0.25, 0.3) is 0 Å². The van der Waals surface area contributed by atoms with Gasteiger partial charge in [0.1, 0.15) is 0 Å². The zero-order valence-electron chi connectivity index (χ0n) is 11.6. The first-order valence-electron chi connectivity index (χ1n) is 7.09. The number of hydrogen-bond acceptors (Lipinski definition) is 2. The Bertz CT molecular complexity index is 504. The predicted molar refractivity (Wildman–Crippen MR) is 81.1 cm³/mol. The Balaban J connectivity index is 1.85. The largest absolute Gasteiger partial charge is 0.396 e. The van der Waals surface area contributed by atoms with Crippen LogP contribution in [0.3, 0.4) is 0 Å². The molecule has 102 valence electrons. The van der Waals surface area contributed by atoms with Crippen LogP contribution in [0.15, 0.2) is 42.5 Å². The highest BCUT2D eigenvalue weighted by molar-refractivity contribution is 5.85. The van der Waals surface area contributed by atoms with Crippen molar-refractivity contribution in [1.82, 2.24) is 5.32 Å². The van der Waals surface area contributed by atoms with Gasteiger partial charge in [-0.2, -0.15) is 0 Å². The molecule has 0 saturated heterocycles. The second-order valence-corrected chi connectivity index (χ2v) is 5.25. The van der Waals surface area contributed by atoms with Crippen molar-refractivity contribution in [2.75, 3.05) is 13.2 Å². The van der Waals surface area contributed by atoms with Crippen LogP contribution < -0.4 is 5.32 Å². The molecule has 0 amide bonds. The standard InChI is InChI=1S/C17H23NO/c1-14(13-19)6-5-11-18-12-16-9-4-8-15-7-2-3-10-17(15)16/h2-4,7-10,14,18-19H,5-6,11-13H2,1H3. The smallest absolute Gasteiger partial charge is 0.0456 e. The first-order valence-corrected chi connectivity index (χ1v) is 7.09. The number of rotatable bonds is 7. The van der Waals surface area contributed by atoms with Gasteiger partial charge in [-0.25, -0.2) is 0 Å². The molecule has 0 radical (unpaired) electrons. The van der Waals surface area contributed by atoms with Gasteiger partial charge in [0.2, 0.25) is 0 Å². The van der Waals surface area contributed by atoms with Crippen molar-refractivity contribution in [2.24, 2.45) is 5.92 Å². The lowest BCUT2D eigenvalue weighted by Crippen LogP contribution is -2.16. The van der Waals surface area contributed by atoms with E-state index in [9.17, 15) is 0 Å². The van der Waals surface area contributed by atoms with Crippen LogP contribution in [0.4, 0.5) is 0 Å². The molecular formula is C17H23NO. The highest BCUT2D eigenvalue weighted by Crippen LogP contribution is 2.18. The molecule has 0 aliphatic carbocycles. The Morgan fingerprint density at radius 2 is 1.89 bits per heavy atom. The number of fused-ring (bicyclic) bond motifs is 1. The van der Waals surface area contributed by atoms with Crippen molar-refractivity contribution < 1.29 is 5.11 Å². The summed E-state index contributed by atoms with van der Waals surface area (Å²) in [6.45, 7) is 4.30. The van der Waals surface area contributed by atoms with Crippen LogP contribution in [0, 0.1) is 5.92 Å². The van der Waals surface area contributed by atoms with Gasteiger partial charge >= 0.3 is 0 Å². The van der Waals surface area contributed by atoms with Crippen molar-refractivity contribution in [1.29, 1.82) is 0 Å². The van der Waals surface area contributed by atoms with Crippen LogP contribution in [-0.2, 0) is 6.54 Å². The average Bonchev–Trinajstić information content (AvgIpc) is 2.46. The third kappa shape index (κ3) is 4.05. The highest BCUT2D eigenvalue weighted by atomic mass is 16.3. The predicted octanol–water partition coefficient (Wildman–Crippen LogP) is 3.34. The third-order valence-electron chi connectivity index (χ3n) is 3.56. The summed E-state index contributed by atoms with van der Waals surface area (Å²) < 4.78 is 0. The summed E-state index contributed by atoms with van der Waals surface area (Å²) in [5, 5.41) is 15.1. The first-order chi connectivity index (χ1) is 9.31. The second-order valence-electron chi connectivity index (χ2n) is 5.25. The minimum absolute atomic E-state index is 0.295. The third-order valence-corrected chi connectivity index (χ3v) is 3.56. The quantitative estimate of drug-likeness (QED) is 0.746. The maximum absolute atomic E-state index is 8.97. The number of benzene rings is 2. The average molecular weight is 257 g/mol. The van der Waals surface area contributed by atoms with E-state index in [0.29, 0.717) is 12.5 Å². The van der Waals surface area contributed by atoms with Gasteiger partial charge in [-0.05, 0) is 41.6 Å². The van der Waals surface area contributed by atoms with Crippen molar-refractivity contribution in [2.45, 2.75) is 26.3 Å². The van der Waals surface area contributed by atoms with Crippen molar-refractivity contribution in [3.05, 3.63) is 48.0 Å². The summed E-state index contributed by atoms with van der Waals surface area (Å²) in [5.41, 5.74) is 1.35. The molecule has 0 bridgehead atoms. The highest BCUT2D eigenvalue weighted by Gasteiger charge is 2.01. The van der Waals surface area contributed by atoms with Crippen molar-refractivity contribution in [3.8, 4) is 0 Å². The van der Waals surface area contributed by atoms with Gasteiger partial charge in [-0.1, -0.05) is 49.4 Å². The SMILES string of the molecule is CC(CO)CCCNCc1cccc2ccccc12. The molecule has 0 saturated carbocycles. The lowest BCUT2D eigenvalue weighted by Gasteiger charge is -2.10. The van der Waals surface area contributed by atoms with Crippen molar-refractivity contribution in [3.63, 3.8) is 0 Å². The van der Waals surface area contributed by atoms with Gasteiger partial charge in [0.15, 0.2) is 0 Å². The fourth-order valence-electron chi connectivity index (χ4n) is 2.34. The summed E-state index contributed by atoms with van der Waals surface area (Å²) in [7, 11) is 0. The summed E-state index contributed by atoms with van der Waals surface area (Å²) in [6, 6.07) is 15.0. The lowest BCUT2D eigenvalue weighted by atomic mass is 10.0. The molecule has 19 heavy (non-hydrogen) atoms. The molecule has 0 spiro atoms. The second kappa shape index (κ2) is 7.27. The number of aliphatic hydroxyl groups is 1. The molecule has 2 rings (SSSR count). The van der Waals surface area contributed by atoms with E-state index in [0.717, 1.165) is 25.9 Å². The van der Waals surface area contributed by atoms with E-state index in [4.69, 9.17) is 5.11 Å². The summed E-state index contributed by atoms with van der Waals surface area (Å²) in [4.78, 5) is 0. The molecule has 0 aliphatic heterocycles. The minimum atomic E-state index is 0.295. The molecule has 2 nitrogen and oxygen atoms in total. The Morgan fingerprint density at radius 3 is 2.74 bits per heavy atom. The topological polar surface area (TPSA) is 32.3 Å². The molecule has 0 heterocycles. The maximum atomic E-state index is 8.97. The van der Waals surface area contributed by atoms with Crippen LogP contribution in [0.5, 0.6) is 0 Å². The molecule has 1 atom stereocenters. The summed E-state index contributed by atoms with van der Waals surface area (Å²) in [6.07, 6.45) is 2.20. The Hall–Kier alpha value is -1.38. The molecule has 2 aromatic carbocycles. The Morgan fingerprint density at radius 1 is 1.11 bits per heavy atom. The normalized spacial score (nSPS) is 12.7. The van der Waals surface area contributed by atoms with E-state index in [1.807, 2.05) is 0 Å². The molecule has 2 heteroatoms. The van der Waals surface area contributed by atoms with Crippen LogP contribution in [0.1, 0.15) is 25.3 Å². The monoisotopic (exact) mass is 257 g/mol. The van der Waals surface area contributed by atoms with Crippen LogP contribution in [-0.4, -0.2) is 18.3 Å². The van der Waals surface area contributed by atoms with Gasteiger partial charge in [0.05, 0.1) is 0 Å². The number of aliphatic hydroxyl groups excluding tert-OH is 1. The molecule has 2 aromatic rings. The number of nitrogens with one attached hydrogen (secondary N) is 1. The molecular weight excluding hydrogens is 234 g/mol. The fraction of sp³-hybridized carbons (Fsp3) is 0.412. The number of hydrogen-bond donors (Lipinski definition) is 2. The van der Waals surface area contributed by atoms with Crippen molar-refractivity contribution >= 4 is 10.8 Å². The molecule has 0 fully saturated rings. The lowest BCUT2D eigenvalue weighted by molar-refractivity contribution is 0.228. The molecule has 2 N–H and O–H groups in total. The summed E-state index contributed by atoms with van der Waals surface area (Å²) >= 11 is 0. The van der Waals surface area contributed by atoms with Gasteiger partial charge in [-0.15, -0.1) is 0 Å². The Labute approximate surface area is 115 Å². The van der Waals surface area contributed by atoms with E-state index in [1.54, 1.807) is 0 Å². The minimum Gasteiger partial charge on any atom is -0.396 e. The van der Waals surface area contributed by atoms with Gasteiger partial charge in [0, 0.05) is 13.2 Å². The van der Waals surface area contributed by atoms with E-state index >= 15 is 0 Å². The molecule has 1 unspecified atom stereocenters. The Kier molecular flexibility index (Phi) is 5.37. The van der Waals surface area contributed by atoms with Gasteiger partial charge < -0.3 is 10.4 Å².